The number of rotatable bonds is 2. The highest BCUT2D eigenvalue weighted by atomic mass is 79.9. The predicted octanol–water partition coefficient (Wildman–Crippen LogP) is 3.92. The summed E-state index contributed by atoms with van der Waals surface area (Å²) in [6.45, 7) is 4.12. The molecule has 0 spiro atoms. The number of fused-ring (bicyclic) bond motifs is 1. The van der Waals surface area contributed by atoms with E-state index in [-0.39, 0.29) is 5.54 Å². The first-order valence-electron chi connectivity index (χ1n) is 6.62. The minimum Gasteiger partial charge on any atom is -0.495 e. The normalized spacial score (nSPS) is 16.1. The molecule has 0 radical (unpaired) electrons. The largest absolute Gasteiger partial charge is 0.495 e. The van der Waals surface area contributed by atoms with Gasteiger partial charge in [-0.25, -0.2) is 0 Å². The van der Waals surface area contributed by atoms with E-state index in [1.807, 2.05) is 0 Å². The number of hydrogen-bond donors (Lipinski definition) is 1. The van der Waals surface area contributed by atoms with Crippen molar-refractivity contribution in [3.05, 3.63) is 27.2 Å². The molecule has 0 unspecified atom stereocenters. The maximum Gasteiger partial charge on any atom is 0.138 e. The number of aryl methyl sites for hydroxylation is 1. The van der Waals surface area contributed by atoms with Crippen LogP contribution >= 0.6 is 15.9 Å². The smallest absolute Gasteiger partial charge is 0.138 e. The summed E-state index contributed by atoms with van der Waals surface area (Å²) in [7, 11) is 1.72. The Hall–Kier alpha value is -0.540. The average molecular weight is 312 g/mol. The summed E-state index contributed by atoms with van der Waals surface area (Å²) in [5.41, 5.74) is 10.0. The van der Waals surface area contributed by atoms with Gasteiger partial charge in [0.05, 0.1) is 11.6 Å². The van der Waals surface area contributed by atoms with Crippen LogP contribution in [0.3, 0.4) is 0 Å². The Balaban J connectivity index is 2.69. The fourth-order valence-corrected chi connectivity index (χ4v) is 3.54. The van der Waals surface area contributed by atoms with E-state index < -0.39 is 0 Å². The Morgan fingerprint density at radius 2 is 1.89 bits per heavy atom. The SMILES string of the molecule is COc1c(Br)cc2c(c1C(C)(C)N)CCCCC2. The van der Waals surface area contributed by atoms with Crippen molar-refractivity contribution < 1.29 is 4.74 Å². The lowest BCUT2D eigenvalue weighted by molar-refractivity contribution is 0.390. The van der Waals surface area contributed by atoms with Crippen LogP contribution in [-0.2, 0) is 18.4 Å². The standard InChI is InChI=1S/C15H22BrNO/c1-15(2,17)13-11-8-6-4-5-7-10(11)9-12(16)14(13)18-3/h9H,4-8,17H2,1-3H3. The Morgan fingerprint density at radius 3 is 2.50 bits per heavy atom. The molecule has 2 nitrogen and oxygen atoms in total. The van der Waals surface area contributed by atoms with Crippen LogP contribution in [0.5, 0.6) is 5.75 Å². The summed E-state index contributed by atoms with van der Waals surface area (Å²) < 4.78 is 6.61. The molecule has 1 aromatic rings. The summed E-state index contributed by atoms with van der Waals surface area (Å²) >= 11 is 3.62. The van der Waals surface area contributed by atoms with E-state index in [1.54, 1.807) is 7.11 Å². The monoisotopic (exact) mass is 311 g/mol. The lowest BCUT2D eigenvalue weighted by atomic mass is 9.85. The summed E-state index contributed by atoms with van der Waals surface area (Å²) in [4.78, 5) is 0. The molecular formula is C15H22BrNO. The van der Waals surface area contributed by atoms with Gasteiger partial charge >= 0.3 is 0 Å². The quantitative estimate of drug-likeness (QED) is 0.840. The van der Waals surface area contributed by atoms with Crippen LogP contribution in [0.15, 0.2) is 10.5 Å². The third kappa shape index (κ3) is 2.57. The molecule has 100 valence electrons. The first kappa shape index (κ1) is 13.9. The zero-order chi connectivity index (χ0) is 13.3. The van der Waals surface area contributed by atoms with Gasteiger partial charge in [0, 0.05) is 11.1 Å². The zero-order valence-corrected chi connectivity index (χ0v) is 13.1. The number of halogens is 1. The Kier molecular flexibility index (Phi) is 4.02. The third-order valence-corrected chi connectivity index (χ3v) is 4.24. The summed E-state index contributed by atoms with van der Waals surface area (Å²) in [5.74, 6) is 0.906. The molecule has 2 rings (SSSR count). The minimum atomic E-state index is -0.371. The highest BCUT2D eigenvalue weighted by Gasteiger charge is 2.27. The van der Waals surface area contributed by atoms with E-state index in [0.29, 0.717) is 0 Å². The zero-order valence-electron chi connectivity index (χ0n) is 11.5. The van der Waals surface area contributed by atoms with Gasteiger partial charge in [-0.2, -0.15) is 0 Å². The molecule has 0 saturated heterocycles. The molecule has 0 aliphatic heterocycles. The summed E-state index contributed by atoms with van der Waals surface area (Å²) in [6, 6.07) is 2.22. The van der Waals surface area contributed by atoms with Gasteiger partial charge in [0.2, 0.25) is 0 Å². The van der Waals surface area contributed by atoms with Crippen LogP contribution in [0.25, 0.3) is 0 Å². The van der Waals surface area contributed by atoms with E-state index in [1.165, 1.54) is 36.0 Å². The lowest BCUT2D eigenvalue weighted by Gasteiger charge is -2.28. The van der Waals surface area contributed by atoms with E-state index in [0.717, 1.165) is 23.1 Å². The van der Waals surface area contributed by atoms with Gasteiger partial charge in [-0.05, 0) is 72.7 Å². The highest BCUT2D eigenvalue weighted by molar-refractivity contribution is 9.10. The molecule has 1 aliphatic rings. The van der Waals surface area contributed by atoms with Crippen LogP contribution in [-0.4, -0.2) is 7.11 Å². The second-order valence-corrected chi connectivity index (χ2v) is 6.54. The second kappa shape index (κ2) is 5.22. The third-order valence-electron chi connectivity index (χ3n) is 3.66. The number of methoxy groups -OCH3 is 1. The predicted molar refractivity (Wildman–Crippen MR) is 79.2 cm³/mol. The first-order valence-corrected chi connectivity index (χ1v) is 7.42. The molecule has 0 heterocycles. The molecule has 0 atom stereocenters. The topological polar surface area (TPSA) is 35.2 Å². The van der Waals surface area contributed by atoms with Gasteiger partial charge in [0.1, 0.15) is 5.75 Å². The van der Waals surface area contributed by atoms with Gasteiger partial charge in [0.25, 0.3) is 0 Å². The van der Waals surface area contributed by atoms with E-state index in [2.05, 4.69) is 35.8 Å². The minimum absolute atomic E-state index is 0.371. The van der Waals surface area contributed by atoms with Crippen molar-refractivity contribution >= 4 is 15.9 Å². The van der Waals surface area contributed by atoms with Crippen molar-refractivity contribution in [1.82, 2.24) is 0 Å². The van der Waals surface area contributed by atoms with Crippen LogP contribution in [0.2, 0.25) is 0 Å². The van der Waals surface area contributed by atoms with Gasteiger partial charge in [0.15, 0.2) is 0 Å². The van der Waals surface area contributed by atoms with Gasteiger partial charge < -0.3 is 10.5 Å². The number of benzene rings is 1. The lowest BCUT2D eigenvalue weighted by Crippen LogP contribution is -2.31. The van der Waals surface area contributed by atoms with Gasteiger partial charge in [-0.3, -0.25) is 0 Å². The van der Waals surface area contributed by atoms with Gasteiger partial charge in [-0.1, -0.05) is 6.42 Å². The number of ether oxygens (including phenoxy) is 1. The maximum absolute atomic E-state index is 6.38. The molecule has 0 amide bonds. The van der Waals surface area contributed by atoms with Crippen molar-refractivity contribution in [2.24, 2.45) is 5.73 Å². The maximum atomic E-state index is 6.38. The molecule has 0 aromatic heterocycles. The van der Waals surface area contributed by atoms with Crippen LogP contribution in [0, 0.1) is 0 Å². The van der Waals surface area contributed by atoms with E-state index >= 15 is 0 Å². The highest BCUT2D eigenvalue weighted by Crippen LogP contribution is 2.41. The molecular weight excluding hydrogens is 290 g/mol. The Bertz CT molecular complexity index is 449. The molecule has 0 fully saturated rings. The van der Waals surface area contributed by atoms with Gasteiger partial charge in [-0.15, -0.1) is 0 Å². The first-order chi connectivity index (χ1) is 8.45. The average Bonchev–Trinajstić information content (AvgIpc) is 2.50. The van der Waals surface area contributed by atoms with Crippen LogP contribution < -0.4 is 10.5 Å². The Morgan fingerprint density at radius 1 is 1.22 bits per heavy atom. The fourth-order valence-electron chi connectivity index (χ4n) is 2.91. The van der Waals surface area contributed by atoms with E-state index in [9.17, 15) is 0 Å². The van der Waals surface area contributed by atoms with Crippen molar-refractivity contribution in [3.8, 4) is 5.75 Å². The van der Waals surface area contributed by atoms with Crippen LogP contribution in [0.4, 0.5) is 0 Å². The van der Waals surface area contributed by atoms with E-state index in [4.69, 9.17) is 10.5 Å². The molecule has 2 N–H and O–H groups in total. The van der Waals surface area contributed by atoms with Crippen molar-refractivity contribution in [1.29, 1.82) is 0 Å². The molecule has 3 heteroatoms. The molecule has 1 aromatic carbocycles. The van der Waals surface area contributed by atoms with Crippen molar-refractivity contribution in [2.75, 3.05) is 7.11 Å². The second-order valence-electron chi connectivity index (χ2n) is 5.69. The fraction of sp³-hybridized carbons (Fsp3) is 0.600. The molecule has 0 bridgehead atoms. The van der Waals surface area contributed by atoms with Crippen LogP contribution in [0.1, 0.15) is 49.8 Å². The van der Waals surface area contributed by atoms with Crippen molar-refractivity contribution in [3.63, 3.8) is 0 Å². The summed E-state index contributed by atoms with van der Waals surface area (Å²) in [5, 5.41) is 0. The Labute approximate surface area is 118 Å². The molecule has 1 aliphatic carbocycles. The molecule has 0 saturated carbocycles. The van der Waals surface area contributed by atoms with Crippen molar-refractivity contribution in [2.45, 2.75) is 51.5 Å². The summed E-state index contributed by atoms with van der Waals surface area (Å²) in [6.07, 6.45) is 6.10. The number of nitrogens with two attached hydrogens (primary N) is 1. The number of hydrogen-bond acceptors (Lipinski definition) is 2. The molecule has 18 heavy (non-hydrogen) atoms.